The summed E-state index contributed by atoms with van der Waals surface area (Å²) in [4.78, 5) is 15.1. The normalized spacial score (nSPS) is 20.1. The molecule has 1 atom stereocenters. The van der Waals surface area contributed by atoms with E-state index in [1.807, 2.05) is 11.6 Å². The van der Waals surface area contributed by atoms with Crippen LogP contribution in [-0.4, -0.2) is 28.0 Å². The molecule has 5 nitrogen and oxygen atoms in total. The molecule has 1 amide bonds. The van der Waals surface area contributed by atoms with Gasteiger partial charge >= 0.3 is 0 Å². The summed E-state index contributed by atoms with van der Waals surface area (Å²) in [5.74, 6) is 1.04. The van der Waals surface area contributed by atoms with Crippen molar-refractivity contribution in [3.63, 3.8) is 0 Å². The summed E-state index contributed by atoms with van der Waals surface area (Å²) < 4.78 is 1.84. The van der Waals surface area contributed by atoms with Crippen LogP contribution in [0.2, 0.25) is 5.15 Å². The van der Waals surface area contributed by atoms with Crippen LogP contribution >= 0.6 is 11.6 Å². The Balaban J connectivity index is 1.76. The third kappa shape index (κ3) is 2.54. The quantitative estimate of drug-likeness (QED) is 0.806. The highest BCUT2D eigenvalue weighted by Gasteiger charge is 2.19. The van der Waals surface area contributed by atoms with E-state index in [4.69, 9.17) is 11.6 Å². The summed E-state index contributed by atoms with van der Waals surface area (Å²) in [5.41, 5.74) is 0. The number of carbonyl (C=O) groups excluding carboxylic acids is 1. The van der Waals surface area contributed by atoms with E-state index in [-0.39, 0.29) is 11.9 Å². The van der Waals surface area contributed by atoms with Gasteiger partial charge in [-0.05, 0) is 6.42 Å². The van der Waals surface area contributed by atoms with E-state index >= 15 is 0 Å². The Morgan fingerprint density at radius 1 is 1.75 bits per heavy atom. The molecule has 2 heterocycles. The standard InChI is InChI=1S/C10H15ClN4O/c1-15-8(11)5-13-9(15)6-12-4-7-2-3-10(16)14-7/h5,7,12H,2-4,6H2,1H3,(H,14,16). The summed E-state index contributed by atoms with van der Waals surface area (Å²) >= 11 is 5.87. The Morgan fingerprint density at radius 2 is 2.56 bits per heavy atom. The van der Waals surface area contributed by atoms with Gasteiger partial charge in [0.25, 0.3) is 0 Å². The second-order valence-corrected chi connectivity index (χ2v) is 4.38. The van der Waals surface area contributed by atoms with Crippen LogP contribution < -0.4 is 10.6 Å². The van der Waals surface area contributed by atoms with Gasteiger partial charge in [-0.1, -0.05) is 11.6 Å². The lowest BCUT2D eigenvalue weighted by Gasteiger charge is -2.11. The number of nitrogens with zero attached hydrogens (tertiary/aromatic N) is 2. The minimum absolute atomic E-state index is 0.145. The second kappa shape index (κ2) is 4.84. The van der Waals surface area contributed by atoms with Crippen molar-refractivity contribution >= 4 is 17.5 Å². The number of imidazole rings is 1. The van der Waals surface area contributed by atoms with Crippen molar-refractivity contribution in [2.24, 2.45) is 7.05 Å². The first-order valence-corrected chi connectivity index (χ1v) is 5.71. The van der Waals surface area contributed by atoms with E-state index in [2.05, 4.69) is 15.6 Å². The molecule has 2 N–H and O–H groups in total. The van der Waals surface area contributed by atoms with E-state index < -0.39 is 0 Å². The molecule has 16 heavy (non-hydrogen) atoms. The third-order valence-electron chi connectivity index (χ3n) is 2.79. The molecule has 0 saturated carbocycles. The van der Waals surface area contributed by atoms with Crippen molar-refractivity contribution in [3.8, 4) is 0 Å². The molecule has 1 aromatic rings. The maximum atomic E-state index is 11.0. The van der Waals surface area contributed by atoms with Gasteiger partial charge in [-0.3, -0.25) is 4.79 Å². The van der Waals surface area contributed by atoms with Gasteiger partial charge in [0.05, 0.1) is 12.7 Å². The molecule has 0 radical (unpaired) electrons. The predicted molar refractivity (Wildman–Crippen MR) is 61.1 cm³/mol. The van der Waals surface area contributed by atoms with Gasteiger partial charge in [0.15, 0.2) is 0 Å². The molecule has 1 saturated heterocycles. The zero-order valence-corrected chi connectivity index (χ0v) is 9.92. The molecule has 1 aromatic heterocycles. The molecule has 1 aliphatic rings. The molecule has 88 valence electrons. The predicted octanol–water partition coefficient (Wildman–Crippen LogP) is 0.442. The van der Waals surface area contributed by atoms with Crippen LogP contribution in [0.3, 0.4) is 0 Å². The number of nitrogens with one attached hydrogen (secondary N) is 2. The van der Waals surface area contributed by atoms with Crippen molar-refractivity contribution in [1.29, 1.82) is 0 Å². The molecule has 1 aliphatic heterocycles. The van der Waals surface area contributed by atoms with Crippen molar-refractivity contribution in [3.05, 3.63) is 17.2 Å². The summed E-state index contributed by atoms with van der Waals surface area (Å²) in [6.07, 6.45) is 3.18. The molecule has 1 unspecified atom stereocenters. The van der Waals surface area contributed by atoms with Crippen molar-refractivity contribution in [2.75, 3.05) is 6.54 Å². The monoisotopic (exact) mass is 242 g/mol. The van der Waals surface area contributed by atoms with Crippen molar-refractivity contribution < 1.29 is 4.79 Å². The first kappa shape index (κ1) is 11.4. The Hall–Kier alpha value is -1.07. The van der Waals surface area contributed by atoms with Gasteiger partial charge in [-0.2, -0.15) is 0 Å². The first-order chi connectivity index (χ1) is 7.66. The van der Waals surface area contributed by atoms with Gasteiger partial charge in [0.2, 0.25) is 5.91 Å². The lowest BCUT2D eigenvalue weighted by Crippen LogP contribution is -2.35. The fraction of sp³-hybridized carbons (Fsp3) is 0.600. The zero-order chi connectivity index (χ0) is 11.5. The third-order valence-corrected chi connectivity index (χ3v) is 3.14. The lowest BCUT2D eigenvalue weighted by molar-refractivity contribution is -0.119. The second-order valence-electron chi connectivity index (χ2n) is 3.99. The summed E-state index contributed by atoms with van der Waals surface area (Å²) in [6.45, 7) is 1.44. The van der Waals surface area contributed by atoms with Crippen LogP contribution in [0.4, 0.5) is 0 Å². The molecule has 0 bridgehead atoms. The number of amides is 1. The molecule has 1 fully saturated rings. The van der Waals surface area contributed by atoms with Gasteiger partial charge in [0.1, 0.15) is 11.0 Å². The van der Waals surface area contributed by atoms with E-state index in [0.717, 1.165) is 18.8 Å². The van der Waals surface area contributed by atoms with Crippen LogP contribution in [0, 0.1) is 0 Å². The minimum atomic E-state index is 0.145. The number of hydrogen-bond acceptors (Lipinski definition) is 3. The average Bonchev–Trinajstić information content (AvgIpc) is 2.79. The van der Waals surface area contributed by atoms with Gasteiger partial charge in [-0.15, -0.1) is 0 Å². The molecular formula is C10H15ClN4O. The van der Waals surface area contributed by atoms with Gasteiger partial charge in [0, 0.05) is 26.1 Å². The van der Waals surface area contributed by atoms with Crippen molar-refractivity contribution in [1.82, 2.24) is 20.2 Å². The zero-order valence-electron chi connectivity index (χ0n) is 9.16. The molecule has 0 aliphatic carbocycles. The number of aromatic nitrogens is 2. The number of halogens is 1. The van der Waals surface area contributed by atoms with Crippen molar-refractivity contribution in [2.45, 2.75) is 25.4 Å². The highest BCUT2D eigenvalue weighted by molar-refractivity contribution is 6.29. The number of rotatable bonds is 4. The first-order valence-electron chi connectivity index (χ1n) is 5.33. The van der Waals surface area contributed by atoms with Crippen LogP contribution in [0.5, 0.6) is 0 Å². The lowest BCUT2D eigenvalue weighted by atomic mass is 10.2. The topological polar surface area (TPSA) is 59.0 Å². The van der Waals surface area contributed by atoms with E-state index in [1.54, 1.807) is 6.20 Å². The number of hydrogen-bond donors (Lipinski definition) is 2. The molecule has 0 aromatic carbocycles. The largest absolute Gasteiger partial charge is 0.352 e. The molecular weight excluding hydrogens is 228 g/mol. The van der Waals surface area contributed by atoms with Crippen LogP contribution in [0.25, 0.3) is 0 Å². The van der Waals surface area contributed by atoms with Crippen LogP contribution in [0.15, 0.2) is 6.20 Å². The van der Waals surface area contributed by atoms with E-state index in [1.165, 1.54) is 0 Å². The van der Waals surface area contributed by atoms with Gasteiger partial charge < -0.3 is 15.2 Å². The average molecular weight is 243 g/mol. The smallest absolute Gasteiger partial charge is 0.220 e. The molecule has 6 heteroatoms. The fourth-order valence-corrected chi connectivity index (χ4v) is 1.92. The van der Waals surface area contributed by atoms with Gasteiger partial charge in [-0.25, -0.2) is 4.98 Å². The Kier molecular flexibility index (Phi) is 3.46. The van der Waals surface area contributed by atoms with Crippen LogP contribution in [-0.2, 0) is 18.4 Å². The highest BCUT2D eigenvalue weighted by atomic mass is 35.5. The fourth-order valence-electron chi connectivity index (χ4n) is 1.78. The number of carbonyl (C=O) groups is 1. The Bertz CT molecular complexity index is 390. The molecule has 0 spiro atoms. The summed E-state index contributed by atoms with van der Waals surface area (Å²) in [7, 11) is 1.88. The maximum absolute atomic E-state index is 11.0. The molecule has 2 rings (SSSR count). The maximum Gasteiger partial charge on any atom is 0.220 e. The summed E-state index contributed by atoms with van der Waals surface area (Å²) in [5, 5.41) is 6.80. The highest BCUT2D eigenvalue weighted by Crippen LogP contribution is 2.09. The minimum Gasteiger partial charge on any atom is -0.352 e. The van der Waals surface area contributed by atoms with E-state index in [9.17, 15) is 4.79 Å². The summed E-state index contributed by atoms with van der Waals surface area (Å²) in [6, 6.07) is 0.253. The Labute approximate surface area is 99.2 Å². The Morgan fingerprint density at radius 3 is 3.12 bits per heavy atom. The van der Waals surface area contributed by atoms with E-state index in [0.29, 0.717) is 18.1 Å². The van der Waals surface area contributed by atoms with Crippen LogP contribution in [0.1, 0.15) is 18.7 Å². The SMILES string of the molecule is Cn1c(Cl)cnc1CNCC1CCC(=O)N1.